The second-order valence-corrected chi connectivity index (χ2v) is 4.55. The molecule has 0 saturated carbocycles. The Kier molecular flexibility index (Phi) is 5.11. The van der Waals surface area contributed by atoms with Gasteiger partial charge in [0, 0.05) is 0 Å². The molecule has 3 nitrogen and oxygen atoms in total. The molecule has 0 heterocycles. The molecule has 5 heteroatoms. The molecule has 21 heavy (non-hydrogen) atoms. The molecule has 0 radical (unpaired) electrons. The van der Waals surface area contributed by atoms with Crippen molar-refractivity contribution in [2.45, 2.75) is 13.1 Å². The van der Waals surface area contributed by atoms with E-state index >= 15 is 0 Å². The van der Waals surface area contributed by atoms with Gasteiger partial charge in [0.15, 0.2) is 11.5 Å². The molecule has 0 atom stereocenters. The fourth-order valence-corrected chi connectivity index (χ4v) is 2.21. The molecule has 0 spiro atoms. The Balaban J connectivity index is 2.07. The van der Waals surface area contributed by atoms with Gasteiger partial charge >= 0.3 is 0 Å². The Morgan fingerprint density at radius 1 is 0.905 bits per heavy atom. The number of rotatable bonds is 6. The van der Waals surface area contributed by atoms with Crippen molar-refractivity contribution in [3.8, 4) is 11.5 Å². The first-order valence-corrected chi connectivity index (χ1v) is 6.61. The van der Waals surface area contributed by atoms with Crippen molar-refractivity contribution < 1.29 is 23.6 Å². The van der Waals surface area contributed by atoms with E-state index in [1.165, 1.54) is 18.2 Å². The smallest absolute Gasteiger partial charge is 0.169 e. The lowest BCUT2D eigenvalue weighted by Gasteiger charge is -2.12. The van der Waals surface area contributed by atoms with E-state index in [1.54, 1.807) is 20.3 Å². The average Bonchev–Trinajstić information content (AvgIpc) is 2.49. The summed E-state index contributed by atoms with van der Waals surface area (Å²) in [6.45, 7) is 0.757. The predicted octanol–water partition coefficient (Wildman–Crippen LogP) is 2.25. The Morgan fingerprint density at radius 3 is 2.19 bits per heavy atom. The first-order valence-electron chi connectivity index (χ1n) is 6.61. The number of benzene rings is 2. The molecule has 2 N–H and O–H groups in total. The standard InChI is InChI=1S/C16H17F2NO2/c1-20-15-8-3-5-11(16(15)21-2)9-19-10-12-13(17)6-4-7-14(12)18/h3-8,19H,9-10H2,1-2H3/p+1. The van der Waals surface area contributed by atoms with Gasteiger partial charge in [-0.2, -0.15) is 0 Å². The molecule has 0 aliphatic heterocycles. The number of methoxy groups -OCH3 is 2. The second kappa shape index (κ2) is 7.04. The summed E-state index contributed by atoms with van der Waals surface area (Å²) in [4.78, 5) is 0. The van der Waals surface area contributed by atoms with Gasteiger partial charge in [-0.3, -0.25) is 0 Å². The van der Waals surface area contributed by atoms with E-state index in [2.05, 4.69) is 0 Å². The van der Waals surface area contributed by atoms with Crippen molar-refractivity contribution in [2.24, 2.45) is 0 Å². The first kappa shape index (κ1) is 15.3. The SMILES string of the molecule is COc1cccc(C[NH2+]Cc2c(F)cccc2F)c1OC. The van der Waals surface area contributed by atoms with Crippen LogP contribution in [0.2, 0.25) is 0 Å². The van der Waals surface area contributed by atoms with E-state index in [0.29, 0.717) is 18.0 Å². The molecule has 0 saturated heterocycles. The van der Waals surface area contributed by atoms with E-state index in [0.717, 1.165) is 5.56 Å². The summed E-state index contributed by atoms with van der Waals surface area (Å²) in [7, 11) is 3.14. The van der Waals surface area contributed by atoms with Crippen molar-refractivity contribution >= 4 is 0 Å². The highest BCUT2D eigenvalue weighted by Gasteiger charge is 2.13. The zero-order valence-corrected chi connectivity index (χ0v) is 12.0. The van der Waals surface area contributed by atoms with Gasteiger partial charge < -0.3 is 14.8 Å². The van der Waals surface area contributed by atoms with Crippen LogP contribution in [0.15, 0.2) is 36.4 Å². The number of hydrogen-bond acceptors (Lipinski definition) is 2. The van der Waals surface area contributed by atoms with Crippen LogP contribution in [-0.4, -0.2) is 14.2 Å². The molecule has 0 aliphatic rings. The lowest BCUT2D eigenvalue weighted by atomic mass is 10.1. The van der Waals surface area contributed by atoms with Crippen LogP contribution in [0.1, 0.15) is 11.1 Å². The largest absolute Gasteiger partial charge is 0.493 e. The van der Waals surface area contributed by atoms with Gasteiger partial charge in [0.2, 0.25) is 0 Å². The number of nitrogens with two attached hydrogens (primary N) is 1. The molecular formula is C16H18F2NO2+. The fourth-order valence-electron chi connectivity index (χ4n) is 2.21. The maximum absolute atomic E-state index is 13.5. The molecule has 112 valence electrons. The molecule has 2 aromatic carbocycles. The van der Waals surface area contributed by atoms with E-state index in [1.807, 2.05) is 17.4 Å². The van der Waals surface area contributed by atoms with Crippen molar-refractivity contribution in [1.29, 1.82) is 0 Å². The van der Waals surface area contributed by atoms with Crippen LogP contribution in [0.3, 0.4) is 0 Å². The number of para-hydroxylation sites is 1. The van der Waals surface area contributed by atoms with Crippen molar-refractivity contribution in [2.75, 3.05) is 14.2 Å². The van der Waals surface area contributed by atoms with Gasteiger partial charge in [-0.1, -0.05) is 12.1 Å². The zero-order valence-electron chi connectivity index (χ0n) is 12.0. The molecular weight excluding hydrogens is 276 g/mol. The lowest BCUT2D eigenvalue weighted by molar-refractivity contribution is -0.686. The third-order valence-corrected chi connectivity index (χ3v) is 3.26. The van der Waals surface area contributed by atoms with Gasteiger partial charge in [0.1, 0.15) is 24.7 Å². The number of hydrogen-bond donors (Lipinski definition) is 1. The highest BCUT2D eigenvalue weighted by molar-refractivity contribution is 5.46. The highest BCUT2D eigenvalue weighted by atomic mass is 19.1. The highest BCUT2D eigenvalue weighted by Crippen LogP contribution is 2.29. The van der Waals surface area contributed by atoms with Gasteiger partial charge in [-0.25, -0.2) is 8.78 Å². The second-order valence-electron chi connectivity index (χ2n) is 4.55. The topological polar surface area (TPSA) is 35.1 Å². The normalized spacial score (nSPS) is 10.5. The molecule has 0 bridgehead atoms. The maximum atomic E-state index is 13.5. The lowest BCUT2D eigenvalue weighted by Crippen LogP contribution is -2.81. The van der Waals surface area contributed by atoms with Crippen molar-refractivity contribution in [3.63, 3.8) is 0 Å². The number of halogens is 2. The first-order chi connectivity index (χ1) is 10.2. The predicted molar refractivity (Wildman–Crippen MR) is 75.2 cm³/mol. The van der Waals surface area contributed by atoms with E-state index < -0.39 is 11.6 Å². The summed E-state index contributed by atoms with van der Waals surface area (Å²) in [6.07, 6.45) is 0. The van der Waals surface area contributed by atoms with Crippen LogP contribution in [-0.2, 0) is 13.1 Å². The summed E-state index contributed by atoms with van der Waals surface area (Å²) in [5, 5.41) is 1.82. The van der Waals surface area contributed by atoms with Crippen molar-refractivity contribution in [3.05, 3.63) is 59.2 Å². The van der Waals surface area contributed by atoms with Gasteiger partial charge in [0.25, 0.3) is 0 Å². The summed E-state index contributed by atoms with van der Waals surface area (Å²) in [6, 6.07) is 9.44. The minimum Gasteiger partial charge on any atom is -0.493 e. The van der Waals surface area contributed by atoms with E-state index in [9.17, 15) is 8.78 Å². The molecule has 2 aromatic rings. The summed E-state index contributed by atoms with van der Waals surface area (Å²) >= 11 is 0. The quantitative estimate of drug-likeness (QED) is 0.887. The Bertz CT molecular complexity index is 597. The fraction of sp³-hybridized carbons (Fsp3) is 0.250. The zero-order chi connectivity index (χ0) is 15.2. The van der Waals surface area contributed by atoms with Crippen molar-refractivity contribution in [1.82, 2.24) is 0 Å². The van der Waals surface area contributed by atoms with E-state index in [4.69, 9.17) is 9.47 Å². The third-order valence-electron chi connectivity index (χ3n) is 3.26. The van der Waals surface area contributed by atoms with Crippen LogP contribution in [0, 0.1) is 11.6 Å². The number of ether oxygens (including phenoxy) is 2. The van der Waals surface area contributed by atoms with Crippen LogP contribution in [0.5, 0.6) is 11.5 Å². The van der Waals surface area contributed by atoms with Crippen LogP contribution in [0.4, 0.5) is 8.78 Å². The molecule has 0 aliphatic carbocycles. The summed E-state index contributed by atoms with van der Waals surface area (Å²) in [5.41, 5.74) is 0.993. The monoisotopic (exact) mass is 294 g/mol. The van der Waals surface area contributed by atoms with Gasteiger partial charge in [-0.15, -0.1) is 0 Å². The Labute approximate surface area is 122 Å². The average molecular weight is 294 g/mol. The Morgan fingerprint density at radius 2 is 1.57 bits per heavy atom. The molecule has 2 rings (SSSR count). The summed E-state index contributed by atoms with van der Waals surface area (Å²) < 4.78 is 37.6. The molecule has 0 fully saturated rings. The molecule has 0 aromatic heterocycles. The van der Waals surface area contributed by atoms with Crippen LogP contribution < -0.4 is 14.8 Å². The minimum atomic E-state index is -0.524. The minimum absolute atomic E-state index is 0.0827. The van der Waals surface area contributed by atoms with Crippen LogP contribution in [0.25, 0.3) is 0 Å². The Hall–Kier alpha value is -2.14. The maximum Gasteiger partial charge on any atom is 0.169 e. The number of quaternary nitrogens is 1. The molecule has 0 amide bonds. The summed E-state index contributed by atoms with van der Waals surface area (Å²) in [5.74, 6) is 0.235. The van der Waals surface area contributed by atoms with E-state index in [-0.39, 0.29) is 12.1 Å². The van der Waals surface area contributed by atoms with Gasteiger partial charge in [-0.05, 0) is 24.3 Å². The third kappa shape index (κ3) is 3.49. The molecule has 0 unspecified atom stereocenters. The van der Waals surface area contributed by atoms with Gasteiger partial charge in [0.05, 0.1) is 25.3 Å². The van der Waals surface area contributed by atoms with Crippen LogP contribution >= 0.6 is 0 Å².